The van der Waals surface area contributed by atoms with Gasteiger partial charge in [0.1, 0.15) is 0 Å². The highest BCUT2D eigenvalue weighted by Gasteiger charge is 2.13. The minimum absolute atomic E-state index is 0.723. The third kappa shape index (κ3) is 4.44. The summed E-state index contributed by atoms with van der Waals surface area (Å²) >= 11 is 0. The Morgan fingerprint density at radius 1 is 1.00 bits per heavy atom. The first-order valence-corrected chi connectivity index (χ1v) is 9.14. The molecule has 0 N–H and O–H groups in total. The van der Waals surface area contributed by atoms with E-state index in [1.807, 2.05) is 0 Å². The van der Waals surface area contributed by atoms with Gasteiger partial charge in [-0.25, -0.2) is 0 Å². The van der Waals surface area contributed by atoms with Crippen LogP contribution < -0.4 is 0 Å². The van der Waals surface area contributed by atoms with Gasteiger partial charge < -0.3 is 0 Å². The molecule has 0 aliphatic rings. The van der Waals surface area contributed by atoms with Crippen LogP contribution in [0, 0.1) is 25.7 Å². The quantitative estimate of drug-likeness (QED) is 0.480. The maximum atomic E-state index is 4.82. The normalized spacial score (nSPS) is 13.3. The van der Waals surface area contributed by atoms with Crippen molar-refractivity contribution in [3.63, 3.8) is 0 Å². The molecule has 0 saturated heterocycles. The van der Waals surface area contributed by atoms with E-state index in [0.29, 0.717) is 0 Å². The molecule has 22 heavy (non-hydrogen) atoms. The molecule has 0 aliphatic heterocycles. The first kappa shape index (κ1) is 18.9. The molecule has 0 aromatic heterocycles. The molecular weight excluding hydrogens is 266 g/mol. The fourth-order valence-electron chi connectivity index (χ4n) is 3.56. The Morgan fingerprint density at radius 2 is 1.64 bits per heavy atom. The van der Waals surface area contributed by atoms with Gasteiger partial charge in [-0.05, 0) is 73.3 Å². The fraction of sp³-hybridized carbons (Fsp3) is 0.667. The molecule has 0 spiro atoms. The van der Waals surface area contributed by atoms with Crippen molar-refractivity contribution in [2.45, 2.75) is 80.6 Å². The van der Waals surface area contributed by atoms with E-state index in [2.05, 4.69) is 60.7 Å². The molecule has 1 rings (SSSR count). The van der Waals surface area contributed by atoms with Gasteiger partial charge in [0.2, 0.25) is 0 Å². The Morgan fingerprint density at radius 3 is 2.14 bits per heavy atom. The smallest absolute Gasteiger partial charge is 0.0660 e. The van der Waals surface area contributed by atoms with Gasteiger partial charge in [0.15, 0.2) is 0 Å². The lowest BCUT2D eigenvalue weighted by Gasteiger charge is -2.19. The number of hydrogen-bond donors (Lipinski definition) is 0. The number of aliphatic imine (C=N–C) groups is 1. The summed E-state index contributed by atoms with van der Waals surface area (Å²) in [6.45, 7) is 15.9. The molecule has 1 nitrogen and oxygen atoms in total. The van der Waals surface area contributed by atoms with E-state index in [9.17, 15) is 0 Å². The van der Waals surface area contributed by atoms with Crippen LogP contribution in [0.3, 0.4) is 0 Å². The Kier molecular flexibility index (Phi) is 7.85. The van der Waals surface area contributed by atoms with Gasteiger partial charge in [-0.2, -0.15) is 0 Å². The van der Waals surface area contributed by atoms with E-state index in [0.717, 1.165) is 31.1 Å². The second-order valence-corrected chi connectivity index (χ2v) is 6.59. The Hall–Kier alpha value is -1.11. The van der Waals surface area contributed by atoms with E-state index in [1.165, 1.54) is 40.8 Å². The molecule has 0 heterocycles. The van der Waals surface area contributed by atoms with Crippen LogP contribution in [0.4, 0.5) is 5.69 Å². The highest BCUT2D eigenvalue weighted by Crippen LogP contribution is 2.29. The fourth-order valence-corrected chi connectivity index (χ4v) is 3.56. The zero-order valence-electron chi connectivity index (χ0n) is 15.8. The zero-order valence-corrected chi connectivity index (χ0v) is 15.8. The molecule has 1 heteroatoms. The minimum Gasteiger partial charge on any atom is -0.261 e. The van der Waals surface area contributed by atoms with Crippen molar-refractivity contribution in [1.82, 2.24) is 0 Å². The lowest BCUT2D eigenvalue weighted by atomic mass is 9.87. The number of aryl methyl sites for hydroxylation is 1. The van der Waals surface area contributed by atoms with E-state index in [-0.39, 0.29) is 0 Å². The van der Waals surface area contributed by atoms with Gasteiger partial charge in [0, 0.05) is 6.21 Å². The SMILES string of the molecule is CCc1cc(N=CCC(C)C(CC)CC)c(C)c(C)c1CC. The van der Waals surface area contributed by atoms with Crippen molar-refractivity contribution in [2.24, 2.45) is 16.8 Å². The third-order valence-electron chi connectivity index (χ3n) is 5.39. The highest BCUT2D eigenvalue weighted by atomic mass is 14.7. The number of rotatable bonds is 8. The second kappa shape index (κ2) is 9.12. The minimum atomic E-state index is 0.723. The molecule has 1 aromatic carbocycles. The largest absolute Gasteiger partial charge is 0.261 e. The van der Waals surface area contributed by atoms with Crippen molar-refractivity contribution < 1.29 is 0 Å². The lowest BCUT2D eigenvalue weighted by Crippen LogP contribution is -2.10. The van der Waals surface area contributed by atoms with Crippen molar-refractivity contribution in [2.75, 3.05) is 0 Å². The first-order chi connectivity index (χ1) is 10.5. The first-order valence-electron chi connectivity index (χ1n) is 9.14. The molecule has 1 unspecified atom stereocenters. The lowest BCUT2D eigenvalue weighted by molar-refractivity contribution is 0.347. The molecular formula is C21H35N. The average Bonchev–Trinajstić information content (AvgIpc) is 2.52. The van der Waals surface area contributed by atoms with E-state index in [1.54, 1.807) is 0 Å². The summed E-state index contributed by atoms with van der Waals surface area (Å²) < 4.78 is 0. The van der Waals surface area contributed by atoms with E-state index < -0.39 is 0 Å². The van der Waals surface area contributed by atoms with Crippen molar-refractivity contribution >= 4 is 11.9 Å². The monoisotopic (exact) mass is 301 g/mol. The van der Waals surface area contributed by atoms with Crippen LogP contribution in [0.5, 0.6) is 0 Å². The van der Waals surface area contributed by atoms with E-state index >= 15 is 0 Å². The Balaban J connectivity index is 2.94. The molecule has 1 atom stereocenters. The summed E-state index contributed by atoms with van der Waals surface area (Å²) in [6.07, 6.45) is 7.99. The molecule has 0 bridgehead atoms. The summed E-state index contributed by atoms with van der Waals surface area (Å²) in [5.41, 5.74) is 6.93. The summed E-state index contributed by atoms with van der Waals surface area (Å²) in [7, 11) is 0. The summed E-state index contributed by atoms with van der Waals surface area (Å²) in [6, 6.07) is 2.31. The van der Waals surface area contributed by atoms with Crippen molar-refractivity contribution in [3.05, 3.63) is 28.3 Å². The van der Waals surface area contributed by atoms with Gasteiger partial charge in [0.25, 0.3) is 0 Å². The standard InChI is InChI=1S/C21H35N/c1-8-18(9-2)15(5)12-13-22-21-14-19(10-3)20(11-4)16(6)17(21)7/h13-15,18H,8-12H2,1-7H3. The van der Waals surface area contributed by atoms with Crippen LogP contribution in [0.15, 0.2) is 11.1 Å². The van der Waals surface area contributed by atoms with E-state index in [4.69, 9.17) is 4.99 Å². The van der Waals surface area contributed by atoms with Gasteiger partial charge in [-0.3, -0.25) is 4.99 Å². The maximum Gasteiger partial charge on any atom is 0.0660 e. The molecule has 0 saturated carbocycles. The van der Waals surface area contributed by atoms with Crippen LogP contribution >= 0.6 is 0 Å². The topological polar surface area (TPSA) is 12.4 Å². The number of hydrogen-bond acceptors (Lipinski definition) is 1. The molecule has 0 amide bonds. The van der Waals surface area contributed by atoms with Crippen LogP contribution in [0.1, 0.15) is 76.1 Å². The molecule has 124 valence electrons. The van der Waals surface area contributed by atoms with Crippen LogP contribution in [-0.4, -0.2) is 6.21 Å². The highest BCUT2D eigenvalue weighted by molar-refractivity contribution is 5.67. The molecule has 1 aromatic rings. The summed E-state index contributed by atoms with van der Waals surface area (Å²) in [5.74, 6) is 1.55. The predicted octanol–water partition coefficient (Wildman–Crippen LogP) is 6.59. The van der Waals surface area contributed by atoms with Gasteiger partial charge in [0.05, 0.1) is 5.69 Å². The van der Waals surface area contributed by atoms with Crippen LogP contribution in [-0.2, 0) is 12.8 Å². The Labute approximate surface area is 138 Å². The number of benzene rings is 1. The van der Waals surface area contributed by atoms with Crippen molar-refractivity contribution in [1.29, 1.82) is 0 Å². The van der Waals surface area contributed by atoms with Gasteiger partial charge >= 0.3 is 0 Å². The Bertz CT molecular complexity index is 495. The molecule has 0 fully saturated rings. The van der Waals surface area contributed by atoms with Gasteiger partial charge in [-0.15, -0.1) is 0 Å². The molecule has 0 radical (unpaired) electrons. The summed E-state index contributed by atoms with van der Waals surface area (Å²) in [4.78, 5) is 4.82. The molecule has 0 aliphatic carbocycles. The number of nitrogens with zero attached hydrogens (tertiary/aromatic N) is 1. The zero-order chi connectivity index (χ0) is 16.7. The van der Waals surface area contributed by atoms with Crippen molar-refractivity contribution in [3.8, 4) is 0 Å². The summed E-state index contributed by atoms with van der Waals surface area (Å²) in [5, 5.41) is 0. The second-order valence-electron chi connectivity index (χ2n) is 6.59. The van der Waals surface area contributed by atoms with Crippen LogP contribution in [0.25, 0.3) is 0 Å². The predicted molar refractivity (Wildman–Crippen MR) is 101 cm³/mol. The van der Waals surface area contributed by atoms with Crippen LogP contribution in [0.2, 0.25) is 0 Å². The maximum absolute atomic E-state index is 4.82. The van der Waals surface area contributed by atoms with Gasteiger partial charge in [-0.1, -0.05) is 47.5 Å². The average molecular weight is 302 g/mol. The third-order valence-corrected chi connectivity index (χ3v) is 5.39.